The second kappa shape index (κ2) is 8.24. The van der Waals surface area contributed by atoms with Gasteiger partial charge < -0.3 is 19.9 Å². The number of carbonyl (C=O) groups is 1. The summed E-state index contributed by atoms with van der Waals surface area (Å²) in [6.45, 7) is 1.94. The summed E-state index contributed by atoms with van der Waals surface area (Å²) in [6.07, 6.45) is 2.40. The van der Waals surface area contributed by atoms with Gasteiger partial charge in [-0.15, -0.1) is 0 Å². The molecule has 0 aliphatic heterocycles. The summed E-state index contributed by atoms with van der Waals surface area (Å²) in [5, 5.41) is 0. The summed E-state index contributed by atoms with van der Waals surface area (Å²) in [6, 6.07) is 10.5. The van der Waals surface area contributed by atoms with Crippen LogP contribution in [0.25, 0.3) is 6.08 Å². The minimum absolute atomic E-state index is 0.0781. The third kappa shape index (κ3) is 4.12. The molecule has 132 valence electrons. The van der Waals surface area contributed by atoms with Crippen molar-refractivity contribution in [1.82, 2.24) is 0 Å². The lowest BCUT2D eigenvalue weighted by atomic mass is 9.98. The zero-order valence-corrected chi connectivity index (χ0v) is 15.0. The van der Waals surface area contributed by atoms with Crippen LogP contribution in [-0.2, 0) is 0 Å². The first-order valence-electron chi connectivity index (χ1n) is 7.94. The Morgan fingerprint density at radius 1 is 1.00 bits per heavy atom. The van der Waals surface area contributed by atoms with Crippen LogP contribution >= 0.6 is 0 Å². The zero-order valence-electron chi connectivity index (χ0n) is 15.0. The van der Waals surface area contributed by atoms with Crippen LogP contribution in [0.2, 0.25) is 0 Å². The molecule has 0 heterocycles. The maximum Gasteiger partial charge on any atom is 0.189 e. The van der Waals surface area contributed by atoms with E-state index in [0.29, 0.717) is 40.5 Å². The molecule has 0 atom stereocenters. The molecule has 0 fully saturated rings. The number of allylic oxidation sites excluding steroid dienone is 1. The monoisotopic (exact) mass is 341 g/mol. The van der Waals surface area contributed by atoms with Gasteiger partial charge in [0.1, 0.15) is 17.2 Å². The van der Waals surface area contributed by atoms with Crippen molar-refractivity contribution in [2.75, 3.05) is 27.1 Å². The molecule has 0 radical (unpaired) electrons. The van der Waals surface area contributed by atoms with E-state index in [0.717, 1.165) is 5.56 Å². The van der Waals surface area contributed by atoms with Crippen LogP contribution in [0.15, 0.2) is 42.0 Å². The average molecular weight is 341 g/mol. The topological polar surface area (TPSA) is 70.8 Å². The molecular weight excluding hydrogens is 318 g/mol. The molecule has 0 saturated heterocycles. The minimum atomic E-state index is -0.0781. The van der Waals surface area contributed by atoms with Gasteiger partial charge in [0.05, 0.1) is 27.0 Å². The Bertz CT molecular complexity index is 796. The highest BCUT2D eigenvalue weighted by molar-refractivity contribution is 6.11. The molecular formula is C20H23NO4. The van der Waals surface area contributed by atoms with E-state index >= 15 is 0 Å². The molecule has 25 heavy (non-hydrogen) atoms. The van der Waals surface area contributed by atoms with Crippen LogP contribution < -0.4 is 19.9 Å². The highest BCUT2D eigenvalue weighted by atomic mass is 16.5. The highest BCUT2D eigenvalue weighted by Crippen LogP contribution is 2.29. The van der Waals surface area contributed by atoms with Crippen molar-refractivity contribution in [2.45, 2.75) is 13.3 Å². The number of nitrogens with two attached hydrogens (primary N) is 1. The fourth-order valence-corrected chi connectivity index (χ4v) is 2.51. The van der Waals surface area contributed by atoms with Crippen molar-refractivity contribution in [3.05, 3.63) is 53.1 Å². The second-order valence-electron chi connectivity index (χ2n) is 5.42. The van der Waals surface area contributed by atoms with Crippen molar-refractivity contribution in [2.24, 2.45) is 0 Å². The molecule has 2 N–H and O–H groups in total. The van der Waals surface area contributed by atoms with E-state index in [-0.39, 0.29) is 5.78 Å². The molecule has 0 aliphatic carbocycles. The maximum absolute atomic E-state index is 12.9. The van der Waals surface area contributed by atoms with Gasteiger partial charge in [-0.25, -0.2) is 0 Å². The number of nitrogen functional groups attached to an aromatic ring is 1. The third-order valence-corrected chi connectivity index (χ3v) is 3.93. The SMILES string of the molecule is CCC(=Cc1cc(OC)ccc1OC)C(=O)c1ccc(N)c(OC)c1. The summed E-state index contributed by atoms with van der Waals surface area (Å²) >= 11 is 0. The Kier molecular flexibility index (Phi) is 6.06. The lowest BCUT2D eigenvalue weighted by Crippen LogP contribution is -2.04. The number of Topliss-reactive ketones (excluding diaryl/α,β-unsaturated/α-hetero) is 1. The van der Waals surface area contributed by atoms with Gasteiger partial charge in [0, 0.05) is 16.7 Å². The Hall–Kier alpha value is -2.95. The van der Waals surface area contributed by atoms with Crippen LogP contribution in [0.3, 0.4) is 0 Å². The number of methoxy groups -OCH3 is 3. The summed E-state index contributed by atoms with van der Waals surface area (Å²) in [4.78, 5) is 12.9. The fourth-order valence-electron chi connectivity index (χ4n) is 2.51. The van der Waals surface area contributed by atoms with Gasteiger partial charge in [-0.1, -0.05) is 6.92 Å². The van der Waals surface area contributed by atoms with Crippen LogP contribution in [0, 0.1) is 0 Å². The van der Waals surface area contributed by atoms with Gasteiger partial charge in [0.2, 0.25) is 0 Å². The molecule has 0 aliphatic rings. The van der Waals surface area contributed by atoms with Gasteiger partial charge in [0.25, 0.3) is 0 Å². The number of hydrogen-bond donors (Lipinski definition) is 1. The van der Waals surface area contributed by atoms with Crippen LogP contribution in [0.5, 0.6) is 17.2 Å². The van der Waals surface area contributed by atoms with Crippen molar-refractivity contribution in [3.63, 3.8) is 0 Å². The summed E-state index contributed by atoms with van der Waals surface area (Å²) in [5.74, 6) is 1.78. The summed E-state index contributed by atoms with van der Waals surface area (Å²) < 4.78 is 15.8. The van der Waals surface area contributed by atoms with Gasteiger partial charge in [0.15, 0.2) is 5.78 Å². The standard InChI is InChI=1S/C20H23NO4/c1-5-13(10-15-11-16(23-2)7-9-18(15)24-3)20(22)14-6-8-17(21)19(12-14)25-4/h6-12H,5,21H2,1-4H3. The first kappa shape index (κ1) is 18.4. The highest BCUT2D eigenvalue weighted by Gasteiger charge is 2.14. The molecule has 0 aromatic heterocycles. The molecule has 0 unspecified atom stereocenters. The third-order valence-electron chi connectivity index (χ3n) is 3.93. The van der Waals surface area contributed by atoms with Crippen molar-refractivity contribution in [1.29, 1.82) is 0 Å². The largest absolute Gasteiger partial charge is 0.497 e. The molecule has 2 rings (SSSR count). The number of anilines is 1. The average Bonchev–Trinajstić information content (AvgIpc) is 2.65. The molecule has 5 heteroatoms. The Morgan fingerprint density at radius 2 is 1.72 bits per heavy atom. The first-order chi connectivity index (χ1) is 12.0. The number of carbonyl (C=O) groups excluding carboxylic acids is 1. The van der Waals surface area contributed by atoms with Gasteiger partial charge >= 0.3 is 0 Å². The van der Waals surface area contributed by atoms with E-state index in [9.17, 15) is 4.79 Å². The molecule has 0 bridgehead atoms. The van der Waals surface area contributed by atoms with E-state index in [1.807, 2.05) is 31.2 Å². The smallest absolute Gasteiger partial charge is 0.189 e. The maximum atomic E-state index is 12.9. The number of ketones is 1. The number of ether oxygens (including phenoxy) is 3. The zero-order chi connectivity index (χ0) is 18.4. The Labute approximate surface area is 148 Å². The molecule has 2 aromatic rings. The van der Waals surface area contributed by atoms with Crippen LogP contribution in [0.4, 0.5) is 5.69 Å². The lowest BCUT2D eigenvalue weighted by Gasteiger charge is -2.11. The predicted octanol–water partition coefficient (Wildman–Crippen LogP) is 3.97. The van der Waals surface area contributed by atoms with Gasteiger partial charge in [-0.3, -0.25) is 4.79 Å². The number of hydrogen-bond acceptors (Lipinski definition) is 5. The lowest BCUT2D eigenvalue weighted by molar-refractivity contribution is 0.103. The normalized spacial score (nSPS) is 11.1. The first-order valence-corrected chi connectivity index (χ1v) is 7.94. The van der Waals surface area contributed by atoms with E-state index in [4.69, 9.17) is 19.9 Å². The number of rotatable bonds is 7. The van der Waals surface area contributed by atoms with E-state index in [1.165, 1.54) is 7.11 Å². The molecule has 5 nitrogen and oxygen atoms in total. The quantitative estimate of drug-likeness (QED) is 0.469. The van der Waals surface area contributed by atoms with E-state index in [2.05, 4.69) is 0 Å². The van der Waals surface area contributed by atoms with Crippen LogP contribution in [0.1, 0.15) is 29.3 Å². The van der Waals surface area contributed by atoms with E-state index < -0.39 is 0 Å². The molecule has 0 saturated carbocycles. The Balaban J connectivity index is 2.45. The van der Waals surface area contributed by atoms with Crippen molar-refractivity contribution in [3.8, 4) is 17.2 Å². The molecule has 0 amide bonds. The fraction of sp³-hybridized carbons (Fsp3) is 0.250. The van der Waals surface area contributed by atoms with Gasteiger partial charge in [-0.05, 0) is 48.9 Å². The van der Waals surface area contributed by atoms with Crippen LogP contribution in [-0.4, -0.2) is 27.1 Å². The molecule has 0 spiro atoms. The number of benzene rings is 2. The van der Waals surface area contributed by atoms with Gasteiger partial charge in [-0.2, -0.15) is 0 Å². The summed E-state index contributed by atoms with van der Waals surface area (Å²) in [5.41, 5.74) is 8.28. The minimum Gasteiger partial charge on any atom is -0.497 e. The van der Waals surface area contributed by atoms with Crippen molar-refractivity contribution < 1.29 is 19.0 Å². The Morgan fingerprint density at radius 3 is 2.32 bits per heavy atom. The molecule has 2 aromatic carbocycles. The predicted molar refractivity (Wildman–Crippen MR) is 99.6 cm³/mol. The van der Waals surface area contributed by atoms with E-state index in [1.54, 1.807) is 32.4 Å². The van der Waals surface area contributed by atoms with Crippen molar-refractivity contribution >= 4 is 17.5 Å². The second-order valence-corrected chi connectivity index (χ2v) is 5.42. The summed E-state index contributed by atoms with van der Waals surface area (Å²) in [7, 11) is 4.72.